The maximum absolute atomic E-state index is 10.5. The third-order valence-electron chi connectivity index (χ3n) is 1.78. The number of hydrogen-bond acceptors (Lipinski definition) is 2. The van der Waals surface area contributed by atoms with Crippen LogP contribution < -0.4 is 0 Å². The highest BCUT2D eigenvalue weighted by Crippen LogP contribution is 2.16. The Kier molecular flexibility index (Phi) is 5.29. The number of carboxylic acid groups (broad SMARTS) is 2. The summed E-state index contributed by atoms with van der Waals surface area (Å²) in [5.41, 5.74) is 1.22. The van der Waals surface area contributed by atoms with Crippen molar-refractivity contribution >= 4 is 11.9 Å². The van der Waals surface area contributed by atoms with Gasteiger partial charge in [-0.15, -0.1) is 6.58 Å². The third kappa shape index (κ3) is 5.13. The van der Waals surface area contributed by atoms with E-state index in [0.717, 1.165) is 0 Å². The Labute approximate surface area is 82.6 Å². The number of allylic oxidation sites excluding steroid dienone is 1. The minimum atomic E-state index is -0.952. The zero-order chi connectivity index (χ0) is 11.1. The van der Waals surface area contributed by atoms with E-state index in [2.05, 4.69) is 6.58 Å². The normalized spacial score (nSPS) is 11.8. The van der Waals surface area contributed by atoms with E-state index in [1.54, 1.807) is 13.0 Å². The summed E-state index contributed by atoms with van der Waals surface area (Å²) in [6.07, 6.45) is 1.76. The summed E-state index contributed by atoms with van der Waals surface area (Å²) in [5.74, 6) is -1.90. The lowest BCUT2D eigenvalue weighted by molar-refractivity contribution is -0.137. The molecule has 0 rings (SSSR count). The highest BCUT2D eigenvalue weighted by atomic mass is 16.4. The van der Waals surface area contributed by atoms with Crippen molar-refractivity contribution in [1.29, 1.82) is 0 Å². The number of carbonyl (C=O) groups is 2. The van der Waals surface area contributed by atoms with Gasteiger partial charge in [0.25, 0.3) is 0 Å². The molecule has 0 fully saturated rings. The Morgan fingerprint density at radius 2 is 1.71 bits per heavy atom. The first kappa shape index (κ1) is 12.4. The predicted molar refractivity (Wildman–Crippen MR) is 52.0 cm³/mol. The first-order chi connectivity index (χ1) is 6.47. The van der Waals surface area contributed by atoms with Crippen molar-refractivity contribution in [2.45, 2.75) is 26.2 Å². The second-order valence-corrected chi connectivity index (χ2v) is 3.02. The second-order valence-electron chi connectivity index (χ2n) is 3.02. The smallest absolute Gasteiger partial charge is 0.307 e. The quantitative estimate of drug-likeness (QED) is 0.638. The second kappa shape index (κ2) is 5.96. The van der Waals surface area contributed by atoms with Gasteiger partial charge in [-0.3, -0.25) is 9.59 Å². The van der Waals surface area contributed by atoms with Gasteiger partial charge in [-0.05, 0) is 13.3 Å². The Morgan fingerprint density at radius 3 is 2.07 bits per heavy atom. The van der Waals surface area contributed by atoms with Crippen LogP contribution in [0.2, 0.25) is 0 Å². The van der Waals surface area contributed by atoms with Gasteiger partial charge in [0, 0.05) is 0 Å². The van der Waals surface area contributed by atoms with Crippen LogP contribution in [0.1, 0.15) is 26.2 Å². The first-order valence-corrected chi connectivity index (χ1v) is 4.19. The van der Waals surface area contributed by atoms with Gasteiger partial charge >= 0.3 is 11.9 Å². The molecule has 0 aliphatic rings. The summed E-state index contributed by atoms with van der Waals surface area (Å²) < 4.78 is 0. The predicted octanol–water partition coefficient (Wildman–Crippen LogP) is 1.83. The summed E-state index contributed by atoms with van der Waals surface area (Å²) in [6.45, 7) is 5.13. The molecule has 0 amide bonds. The lowest BCUT2D eigenvalue weighted by Gasteiger charge is -2.06. The van der Waals surface area contributed by atoms with E-state index in [1.807, 2.05) is 0 Å². The Balaban J connectivity index is 4.64. The van der Waals surface area contributed by atoms with Gasteiger partial charge in [0.2, 0.25) is 0 Å². The first-order valence-electron chi connectivity index (χ1n) is 4.19. The summed E-state index contributed by atoms with van der Waals surface area (Å²) in [5, 5.41) is 17.1. The molecule has 4 nitrogen and oxygen atoms in total. The van der Waals surface area contributed by atoms with Gasteiger partial charge in [-0.2, -0.15) is 0 Å². The van der Waals surface area contributed by atoms with Crippen molar-refractivity contribution in [1.82, 2.24) is 0 Å². The van der Waals surface area contributed by atoms with Crippen molar-refractivity contribution in [3.8, 4) is 0 Å². The summed E-state index contributed by atoms with van der Waals surface area (Å²) >= 11 is 0. The average Bonchev–Trinajstić information content (AvgIpc) is 2.01. The SMILES string of the molecule is C=CC/C(CC(=O)O)=C(\C)CC(=O)O. The van der Waals surface area contributed by atoms with Crippen LogP contribution in [0.5, 0.6) is 0 Å². The topological polar surface area (TPSA) is 74.6 Å². The molecule has 0 spiro atoms. The van der Waals surface area contributed by atoms with E-state index in [1.165, 1.54) is 0 Å². The number of aliphatic carboxylic acids is 2. The maximum Gasteiger partial charge on any atom is 0.307 e. The summed E-state index contributed by atoms with van der Waals surface area (Å²) in [4.78, 5) is 20.9. The fraction of sp³-hybridized carbons (Fsp3) is 0.400. The van der Waals surface area contributed by atoms with Crippen molar-refractivity contribution in [2.75, 3.05) is 0 Å². The molecular weight excluding hydrogens is 184 g/mol. The van der Waals surface area contributed by atoms with Gasteiger partial charge in [0.15, 0.2) is 0 Å². The van der Waals surface area contributed by atoms with E-state index in [4.69, 9.17) is 10.2 Å². The molecule has 0 saturated carbocycles. The van der Waals surface area contributed by atoms with Gasteiger partial charge < -0.3 is 10.2 Å². The fourth-order valence-corrected chi connectivity index (χ4v) is 1.11. The van der Waals surface area contributed by atoms with Crippen LogP contribution in [-0.2, 0) is 9.59 Å². The summed E-state index contributed by atoms with van der Waals surface area (Å²) in [7, 11) is 0. The van der Waals surface area contributed by atoms with Crippen LogP contribution in [0.15, 0.2) is 23.8 Å². The molecule has 0 atom stereocenters. The van der Waals surface area contributed by atoms with Gasteiger partial charge in [-0.25, -0.2) is 0 Å². The molecule has 0 saturated heterocycles. The number of carboxylic acids is 2. The van der Waals surface area contributed by atoms with E-state index in [-0.39, 0.29) is 12.8 Å². The fourth-order valence-electron chi connectivity index (χ4n) is 1.11. The molecule has 0 heterocycles. The summed E-state index contributed by atoms with van der Waals surface area (Å²) in [6, 6.07) is 0. The molecule has 0 bridgehead atoms. The lowest BCUT2D eigenvalue weighted by Crippen LogP contribution is -2.02. The molecular formula is C10H14O4. The van der Waals surface area contributed by atoms with Crippen LogP contribution in [0.25, 0.3) is 0 Å². The minimum absolute atomic E-state index is 0.115. The van der Waals surface area contributed by atoms with Crippen LogP contribution in [0.3, 0.4) is 0 Å². The molecule has 4 heteroatoms. The molecule has 0 aromatic rings. The van der Waals surface area contributed by atoms with Crippen LogP contribution in [0, 0.1) is 0 Å². The maximum atomic E-state index is 10.5. The minimum Gasteiger partial charge on any atom is -0.481 e. The van der Waals surface area contributed by atoms with Crippen molar-refractivity contribution in [3.05, 3.63) is 23.8 Å². The number of hydrogen-bond donors (Lipinski definition) is 2. The molecule has 0 radical (unpaired) electrons. The van der Waals surface area contributed by atoms with Gasteiger partial charge in [-0.1, -0.05) is 17.2 Å². The molecule has 14 heavy (non-hydrogen) atoms. The van der Waals surface area contributed by atoms with Gasteiger partial charge in [0.05, 0.1) is 12.8 Å². The lowest BCUT2D eigenvalue weighted by atomic mass is 10.0. The highest BCUT2D eigenvalue weighted by Gasteiger charge is 2.08. The molecule has 0 aromatic carbocycles. The van der Waals surface area contributed by atoms with Crippen molar-refractivity contribution < 1.29 is 19.8 Å². The average molecular weight is 198 g/mol. The third-order valence-corrected chi connectivity index (χ3v) is 1.78. The van der Waals surface area contributed by atoms with Crippen LogP contribution in [0.4, 0.5) is 0 Å². The molecule has 2 N–H and O–H groups in total. The monoisotopic (exact) mass is 198 g/mol. The number of rotatable bonds is 6. The molecule has 0 unspecified atom stereocenters. The van der Waals surface area contributed by atoms with E-state index in [0.29, 0.717) is 17.6 Å². The zero-order valence-electron chi connectivity index (χ0n) is 8.12. The van der Waals surface area contributed by atoms with Gasteiger partial charge in [0.1, 0.15) is 0 Å². The standard InChI is InChI=1S/C10H14O4/c1-3-4-8(6-10(13)14)7(2)5-9(11)12/h3H,1,4-6H2,2H3,(H,11,12)(H,13,14)/b8-7-. The Morgan fingerprint density at radius 1 is 1.21 bits per heavy atom. The van der Waals surface area contributed by atoms with E-state index in [9.17, 15) is 9.59 Å². The molecule has 0 aromatic heterocycles. The van der Waals surface area contributed by atoms with Crippen LogP contribution >= 0.6 is 0 Å². The van der Waals surface area contributed by atoms with Crippen molar-refractivity contribution in [3.63, 3.8) is 0 Å². The zero-order valence-corrected chi connectivity index (χ0v) is 8.12. The van der Waals surface area contributed by atoms with E-state index < -0.39 is 11.9 Å². The molecule has 0 aliphatic heterocycles. The Hall–Kier alpha value is -1.58. The van der Waals surface area contributed by atoms with Crippen LogP contribution in [-0.4, -0.2) is 22.2 Å². The highest BCUT2D eigenvalue weighted by molar-refractivity contribution is 5.73. The molecule has 78 valence electrons. The van der Waals surface area contributed by atoms with E-state index >= 15 is 0 Å². The Bertz CT molecular complexity index is 276. The molecule has 0 aliphatic carbocycles. The largest absolute Gasteiger partial charge is 0.481 e. The van der Waals surface area contributed by atoms with Crippen molar-refractivity contribution in [2.24, 2.45) is 0 Å².